The summed E-state index contributed by atoms with van der Waals surface area (Å²) in [5.74, 6) is -1.77. The summed E-state index contributed by atoms with van der Waals surface area (Å²) < 4.78 is 0. The summed E-state index contributed by atoms with van der Waals surface area (Å²) in [6, 6.07) is 0. The van der Waals surface area contributed by atoms with Gasteiger partial charge in [0.1, 0.15) is 0 Å². The minimum atomic E-state index is -0.706. The van der Waals surface area contributed by atoms with Crippen LogP contribution in [0.4, 0.5) is 0 Å². The molecular formula is C10H20FeO4. The molecule has 0 bridgehead atoms. The molecule has 2 N–H and O–H groups in total. The normalized spacial score (nSPS) is 12.5. The molecule has 4 nitrogen and oxygen atoms in total. The number of carboxylic acids is 2. The second-order valence-corrected chi connectivity index (χ2v) is 3.30. The fourth-order valence-electron chi connectivity index (χ4n) is 0.349. The van der Waals surface area contributed by atoms with Crippen molar-refractivity contribution in [3.63, 3.8) is 0 Å². The molecule has 0 aromatic rings. The maximum atomic E-state index is 9.93. The molecular weight excluding hydrogens is 240 g/mol. The molecule has 5 heteroatoms. The quantitative estimate of drug-likeness (QED) is 0.760. The van der Waals surface area contributed by atoms with Crippen LogP contribution in [-0.2, 0) is 26.7 Å². The molecule has 0 aliphatic rings. The summed E-state index contributed by atoms with van der Waals surface area (Å²) in [7, 11) is 0. The van der Waals surface area contributed by atoms with Crippen molar-refractivity contribution in [3.05, 3.63) is 0 Å². The molecule has 0 fully saturated rings. The molecule has 0 amide bonds. The largest absolute Gasteiger partial charge is 0.481 e. The van der Waals surface area contributed by atoms with Gasteiger partial charge in [-0.2, -0.15) is 0 Å². The summed E-state index contributed by atoms with van der Waals surface area (Å²) in [4.78, 5) is 19.9. The maximum absolute atomic E-state index is 9.93. The second-order valence-electron chi connectivity index (χ2n) is 3.30. The Morgan fingerprint density at radius 3 is 1.13 bits per heavy atom. The van der Waals surface area contributed by atoms with Crippen LogP contribution in [0.25, 0.3) is 0 Å². The first-order chi connectivity index (χ1) is 6.36. The molecule has 0 aliphatic heterocycles. The van der Waals surface area contributed by atoms with Crippen LogP contribution >= 0.6 is 0 Å². The zero-order valence-electron chi connectivity index (χ0n) is 9.63. The van der Waals surface area contributed by atoms with Gasteiger partial charge in [-0.1, -0.05) is 27.7 Å². The summed E-state index contributed by atoms with van der Waals surface area (Å²) in [5, 5.41) is 16.4. The number of aliphatic carboxylic acids is 2. The monoisotopic (exact) mass is 260 g/mol. The van der Waals surface area contributed by atoms with E-state index in [1.165, 1.54) is 0 Å². The number of carbonyl (C=O) groups is 2. The SMILES string of the molecule is CCC(C)C(=O)O.CCC(C)C(=O)O.[Fe]. The zero-order valence-corrected chi connectivity index (χ0v) is 10.7. The van der Waals surface area contributed by atoms with Crippen molar-refractivity contribution in [2.75, 3.05) is 0 Å². The van der Waals surface area contributed by atoms with Crippen LogP contribution in [0.15, 0.2) is 0 Å². The molecule has 2 unspecified atom stereocenters. The summed E-state index contributed by atoms with van der Waals surface area (Å²) in [6.45, 7) is 7.11. The molecule has 0 spiro atoms. The Balaban J connectivity index is -0.000000180. The van der Waals surface area contributed by atoms with E-state index in [9.17, 15) is 9.59 Å². The van der Waals surface area contributed by atoms with Crippen molar-refractivity contribution in [2.24, 2.45) is 11.8 Å². The molecule has 0 heterocycles. The standard InChI is InChI=1S/2C5H10O2.Fe/c2*1-3-4(2)5(6)7;/h2*4H,3H2,1-2H3,(H,6,7);. The van der Waals surface area contributed by atoms with Gasteiger partial charge >= 0.3 is 11.9 Å². The molecule has 15 heavy (non-hydrogen) atoms. The number of hydrogen-bond acceptors (Lipinski definition) is 2. The van der Waals surface area contributed by atoms with Crippen LogP contribution in [0, 0.1) is 11.8 Å². The third-order valence-corrected chi connectivity index (χ3v) is 2.07. The number of rotatable bonds is 4. The Labute approximate surface area is 102 Å². The average molecular weight is 260 g/mol. The van der Waals surface area contributed by atoms with Crippen molar-refractivity contribution >= 4 is 11.9 Å². The molecule has 0 aliphatic carbocycles. The zero-order chi connectivity index (χ0) is 11.7. The third-order valence-electron chi connectivity index (χ3n) is 2.07. The number of carboxylic acid groups (broad SMARTS) is 2. The van der Waals surface area contributed by atoms with E-state index in [0.29, 0.717) is 0 Å². The van der Waals surface area contributed by atoms with Crippen molar-refractivity contribution < 1.29 is 36.9 Å². The van der Waals surface area contributed by atoms with E-state index in [4.69, 9.17) is 10.2 Å². The van der Waals surface area contributed by atoms with Crippen molar-refractivity contribution in [2.45, 2.75) is 40.5 Å². The topological polar surface area (TPSA) is 74.6 Å². The Morgan fingerprint density at radius 2 is 1.13 bits per heavy atom. The van der Waals surface area contributed by atoms with E-state index < -0.39 is 11.9 Å². The minimum absolute atomic E-state index is 0. The fourth-order valence-corrected chi connectivity index (χ4v) is 0.349. The van der Waals surface area contributed by atoms with Gasteiger partial charge in [-0.25, -0.2) is 0 Å². The molecule has 0 rings (SSSR count). The van der Waals surface area contributed by atoms with Gasteiger partial charge in [-0.15, -0.1) is 0 Å². The van der Waals surface area contributed by atoms with Gasteiger partial charge < -0.3 is 10.2 Å². The second kappa shape index (κ2) is 11.5. The fraction of sp³-hybridized carbons (Fsp3) is 0.800. The Hall–Kier alpha value is -0.541. The molecule has 0 saturated carbocycles. The Kier molecular flexibility index (Phi) is 15.3. The van der Waals surface area contributed by atoms with Crippen LogP contribution in [0.1, 0.15) is 40.5 Å². The predicted octanol–water partition coefficient (Wildman–Crippen LogP) is 2.23. The van der Waals surface area contributed by atoms with Gasteiger partial charge in [0.15, 0.2) is 0 Å². The van der Waals surface area contributed by atoms with E-state index in [-0.39, 0.29) is 28.9 Å². The van der Waals surface area contributed by atoms with Crippen LogP contribution < -0.4 is 0 Å². The van der Waals surface area contributed by atoms with Gasteiger partial charge in [0.05, 0.1) is 11.8 Å². The van der Waals surface area contributed by atoms with Gasteiger partial charge in [0.2, 0.25) is 0 Å². The van der Waals surface area contributed by atoms with Crippen LogP contribution in [0.2, 0.25) is 0 Å². The van der Waals surface area contributed by atoms with Crippen molar-refractivity contribution in [1.82, 2.24) is 0 Å². The minimum Gasteiger partial charge on any atom is -0.481 e. The maximum Gasteiger partial charge on any atom is 0.306 e. The van der Waals surface area contributed by atoms with Crippen LogP contribution in [0.3, 0.4) is 0 Å². The molecule has 92 valence electrons. The van der Waals surface area contributed by atoms with E-state index >= 15 is 0 Å². The average Bonchev–Trinajstić information content (AvgIpc) is 2.15. The Bertz CT molecular complexity index is 162. The Morgan fingerprint density at radius 1 is 0.933 bits per heavy atom. The first-order valence-corrected chi connectivity index (χ1v) is 4.82. The summed E-state index contributed by atoms with van der Waals surface area (Å²) in [5.41, 5.74) is 0. The van der Waals surface area contributed by atoms with E-state index in [1.54, 1.807) is 13.8 Å². The van der Waals surface area contributed by atoms with E-state index in [2.05, 4.69) is 0 Å². The first kappa shape index (κ1) is 19.9. The smallest absolute Gasteiger partial charge is 0.306 e. The first-order valence-electron chi connectivity index (χ1n) is 4.82. The van der Waals surface area contributed by atoms with Gasteiger partial charge in [0, 0.05) is 17.1 Å². The number of hydrogen-bond donors (Lipinski definition) is 2. The van der Waals surface area contributed by atoms with Crippen molar-refractivity contribution in [3.8, 4) is 0 Å². The van der Waals surface area contributed by atoms with Gasteiger partial charge in [0.25, 0.3) is 0 Å². The van der Waals surface area contributed by atoms with Gasteiger partial charge in [-0.3, -0.25) is 9.59 Å². The molecule has 0 radical (unpaired) electrons. The summed E-state index contributed by atoms with van der Waals surface area (Å²) in [6.07, 6.45) is 1.44. The summed E-state index contributed by atoms with van der Waals surface area (Å²) >= 11 is 0. The van der Waals surface area contributed by atoms with Crippen LogP contribution in [0.5, 0.6) is 0 Å². The predicted molar refractivity (Wildman–Crippen MR) is 54.2 cm³/mol. The molecule has 0 aromatic carbocycles. The molecule has 2 atom stereocenters. The molecule has 0 saturated heterocycles. The third kappa shape index (κ3) is 13.5. The molecule has 0 aromatic heterocycles. The van der Waals surface area contributed by atoms with Crippen molar-refractivity contribution in [1.29, 1.82) is 0 Å². The van der Waals surface area contributed by atoms with Gasteiger partial charge in [-0.05, 0) is 12.8 Å². The van der Waals surface area contributed by atoms with Crippen LogP contribution in [-0.4, -0.2) is 22.2 Å². The van der Waals surface area contributed by atoms with E-state index in [1.807, 2.05) is 13.8 Å². The van der Waals surface area contributed by atoms with E-state index in [0.717, 1.165) is 12.8 Å².